The highest BCUT2D eigenvalue weighted by atomic mass is 79.9. The van der Waals surface area contributed by atoms with Crippen LogP contribution in [0.3, 0.4) is 0 Å². The Morgan fingerprint density at radius 3 is 2.53 bits per heavy atom. The van der Waals surface area contributed by atoms with Crippen LogP contribution < -0.4 is 5.32 Å². The van der Waals surface area contributed by atoms with E-state index < -0.39 is 0 Å². The van der Waals surface area contributed by atoms with Crippen LogP contribution in [0.25, 0.3) is 0 Å². The van der Waals surface area contributed by atoms with E-state index in [9.17, 15) is 4.79 Å². The predicted molar refractivity (Wildman–Crippen MR) is 70.0 cm³/mol. The van der Waals surface area contributed by atoms with Gasteiger partial charge in [0.05, 0.1) is 10.7 Å². The SMILES string of the molecule is Cc1ccc(NC(=O)c2c(Br)cnn2C)cc1. The molecule has 0 aliphatic heterocycles. The van der Waals surface area contributed by atoms with Gasteiger partial charge in [0.15, 0.2) is 0 Å². The summed E-state index contributed by atoms with van der Waals surface area (Å²) in [5, 5.41) is 6.83. The van der Waals surface area contributed by atoms with Crippen molar-refractivity contribution in [2.45, 2.75) is 6.92 Å². The number of anilines is 1. The number of hydrogen-bond acceptors (Lipinski definition) is 2. The van der Waals surface area contributed by atoms with Gasteiger partial charge in [-0.25, -0.2) is 0 Å². The number of carbonyl (C=O) groups is 1. The van der Waals surface area contributed by atoms with Crippen molar-refractivity contribution in [3.05, 3.63) is 46.2 Å². The molecule has 88 valence electrons. The maximum atomic E-state index is 12.0. The fraction of sp³-hybridized carbons (Fsp3) is 0.167. The Morgan fingerprint density at radius 1 is 1.35 bits per heavy atom. The van der Waals surface area contributed by atoms with Gasteiger partial charge in [-0.1, -0.05) is 17.7 Å². The summed E-state index contributed by atoms with van der Waals surface area (Å²) in [6, 6.07) is 7.65. The van der Waals surface area contributed by atoms with Crippen LogP contribution >= 0.6 is 15.9 Å². The lowest BCUT2D eigenvalue weighted by atomic mass is 10.2. The van der Waals surface area contributed by atoms with Gasteiger partial charge in [0.25, 0.3) is 5.91 Å². The zero-order chi connectivity index (χ0) is 12.4. The van der Waals surface area contributed by atoms with Crippen LogP contribution in [0.1, 0.15) is 16.1 Å². The Kier molecular flexibility index (Phi) is 3.28. The number of aromatic nitrogens is 2. The van der Waals surface area contributed by atoms with Gasteiger partial charge in [-0.15, -0.1) is 0 Å². The monoisotopic (exact) mass is 293 g/mol. The fourth-order valence-electron chi connectivity index (χ4n) is 1.49. The lowest BCUT2D eigenvalue weighted by Gasteiger charge is -2.06. The Labute approximate surface area is 108 Å². The Bertz CT molecular complexity index is 526. The van der Waals surface area contributed by atoms with E-state index in [0.717, 1.165) is 11.3 Å². The van der Waals surface area contributed by atoms with E-state index in [1.54, 1.807) is 13.2 Å². The van der Waals surface area contributed by atoms with Crippen molar-refractivity contribution in [3.8, 4) is 0 Å². The first kappa shape index (κ1) is 11.9. The number of carbonyl (C=O) groups excluding carboxylic acids is 1. The maximum absolute atomic E-state index is 12.0. The Morgan fingerprint density at radius 2 is 2.00 bits per heavy atom. The van der Waals surface area contributed by atoms with Crippen molar-refractivity contribution >= 4 is 27.5 Å². The van der Waals surface area contributed by atoms with Crippen molar-refractivity contribution in [1.82, 2.24) is 9.78 Å². The molecular weight excluding hydrogens is 282 g/mol. The average Bonchev–Trinajstić information content (AvgIpc) is 2.62. The zero-order valence-electron chi connectivity index (χ0n) is 9.57. The molecule has 5 heteroatoms. The number of rotatable bonds is 2. The number of hydrogen-bond donors (Lipinski definition) is 1. The highest BCUT2D eigenvalue weighted by molar-refractivity contribution is 9.10. The third kappa shape index (κ3) is 2.55. The third-order valence-electron chi connectivity index (χ3n) is 2.42. The van der Waals surface area contributed by atoms with Gasteiger partial charge < -0.3 is 5.32 Å². The van der Waals surface area contributed by atoms with Gasteiger partial charge in [0.2, 0.25) is 0 Å². The van der Waals surface area contributed by atoms with Gasteiger partial charge in [-0.05, 0) is 35.0 Å². The van der Waals surface area contributed by atoms with Crippen LogP contribution in [0, 0.1) is 6.92 Å². The minimum Gasteiger partial charge on any atom is -0.321 e. The number of amides is 1. The summed E-state index contributed by atoms with van der Waals surface area (Å²) in [4.78, 5) is 12.0. The van der Waals surface area contributed by atoms with Crippen LogP contribution in [0.4, 0.5) is 5.69 Å². The summed E-state index contributed by atoms with van der Waals surface area (Å²) in [6.07, 6.45) is 1.60. The standard InChI is InChI=1S/C12H12BrN3O/c1-8-3-5-9(6-4-8)15-12(17)11-10(13)7-14-16(11)2/h3-7H,1-2H3,(H,15,17). The number of aryl methyl sites for hydroxylation is 2. The van der Waals surface area contributed by atoms with Crippen molar-refractivity contribution in [2.75, 3.05) is 5.32 Å². The van der Waals surface area contributed by atoms with Crippen LogP contribution in [-0.2, 0) is 7.05 Å². The van der Waals surface area contributed by atoms with Crippen LogP contribution in [0.15, 0.2) is 34.9 Å². The number of nitrogens with zero attached hydrogens (tertiary/aromatic N) is 2. The molecule has 1 heterocycles. The van der Waals surface area contributed by atoms with E-state index in [-0.39, 0.29) is 5.91 Å². The van der Waals surface area contributed by atoms with Gasteiger partial charge in [0.1, 0.15) is 5.69 Å². The molecule has 1 aromatic carbocycles. The summed E-state index contributed by atoms with van der Waals surface area (Å²) in [5.41, 5.74) is 2.43. The Balaban J connectivity index is 2.20. The highest BCUT2D eigenvalue weighted by Gasteiger charge is 2.14. The quantitative estimate of drug-likeness (QED) is 0.925. The summed E-state index contributed by atoms with van der Waals surface area (Å²) in [6.45, 7) is 2.00. The van der Waals surface area contributed by atoms with Crippen LogP contribution in [0.5, 0.6) is 0 Å². The van der Waals surface area contributed by atoms with Crippen molar-refractivity contribution in [3.63, 3.8) is 0 Å². The van der Waals surface area contributed by atoms with Crippen LogP contribution in [0.2, 0.25) is 0 Å². The molecule has 1 aromatic heterocycles. The molecule has 0 saturated carbocycles. The van der Waals surface area contributed by atoms with E-state index in [1.807, 2.05) is 31.2 Å². The predicted octanol–water partition coefficient (Wildman–Crippen LogP) is 2.74. The van der Waals surface area contributed by atoms with Crippen LogP contribution in [-0.4, -0.2) is 15.7 Å². The van der Waals surface area contributed by atoms with E-state index in [4.69, 9.17) is 0 Å². The second-order valence-electron chi connectivity index (χ2n) is 3.78. The van der Waals surface area contributed by atoms with E-state index >= 15 is 0 Å². The molecule has 0 saturated heterocycles. The molecule has 2 rings (SSSR count). The minimum atomic E-state index is -0.180. The molecular formula is C12H12BrN3O. The number of benzene rings is 1. The van der Waals surface area contributed by atoms with Gasteiger partial charge in [-0.3, -0.25) is 9.48 Å². The van der Waals surface area contributed by atoms with E-state index in [1.165, 1.54) is 4.68 Å². The second-order valence-corrected chi connectivity index (χ2v) is 4.64. The van der Waals surface area contributed by atoms with Crippen molar-refractivity contribution in [1.29, 1.82) is 0 Å². The summed E-state index contributed by atoms with van der Waals surface area (Å²) in [7, 11) is 1.73. The first-order valence-corrected chi connectivity index (χ1v) is 5.93. The molecule has 0 atom stereocenters. The molecule has 17 heavy (non-hydrogen) atoms. The largest absolute Gasteiger partial charge is 0.321 e. The molecule has 0 aliphatic carbocycles. The minimum absolute atomic E-state index is 0.180. The highest BCUT2D eigenvalue weighted by Crippen LogP contribution is 2.17. The molecule has 0 unspecified atom stereocenters. The molecule has 0 aliphatic rings. The molecule has 1 amide bonds. The molecule has 0 radical (unpaired) electrons. The molecule has 1 N–H and O–H groups in total. The van der Waals surface area contributed by atoms with E-state index in [2.05, 4.69) is 26.3 Å². The lowest BCUT2D eigenvalue weighted by Crippen LogP contribution is -2.16. The molecule has 0 fully saturated rings. The Hall–Kier alpha value is -1.62. The first-order valence-electron chi connectivity index (χ1n) is 5.13. The summed E-state index contributed by atoms with van der Waals surface area (Å²) in [5.74, 6) is -0.180. The molecule has 2 aromatic rings. The summed E-state index contributed by atoms with van der Waals surface area (Å²) >= 11 is 3.30. The number of halogens is 1. The summed E-state index contributed by atoms with van der Waals surface area (Å²) < 4.78 is 2.22. The van der Waals surface area contributed by atoms with E-state index in [0.29, 0.717) is 10.2 Å². The second kappa shape index (κ2) is 4.71. The molecule has 4 nitrogen and oxygen atoms in total. The van der Waals surface area contributed by atoms with Crippen molar-refractivity contribution < 1.29 is 4.79 Å². The lowest BCUT2D eigenvalue weighted by molar-refractivity contribution is 0.101. The average molecular weight is 294 g/mol. The van der Waals surface area contributed by atoms with Crippen molar-refractivity contribution in [2.24, 2.45) is 7.05 Å². The van der Waals surface area contributed by atoms with Gasteiger partial charge in [0, 0.05) is 12.7 Å². The topological polar surface area (TPSA) is 46.9 Å². The maximum Gasteiger partial charge on any atom is 0.275 e. The molecule has 0 bridgehead atoms. The first-order chi connectivity index (χ1) is 8.08. The normalized spacial score (nSPS) is 10.3. The third-order valence-corrected chi connectivity index (χ3v) is 3.00. The molecule has 0 spiro atoms. The van der Waals surface area contributed by atoms with Gasteiger partial charge >= 0.3 is 0 Å². The number of nitrogens with one attached hydrogen (secondary N) is 1. The smallest absolute Gasteiger partial charge is 0.275 e. The fourth-order valence-corrected chi connectivity index (χ4v) is 2.02. The van der Waals surface area contributed by atoms with Gasteiger partial charge in [-0.2, -0.15) is 5.10 Å². The zero-order valence-corrected chi connectivity index (χ0v) is 11.2.